The van der Waals surface area contributed by atoms with Crippen molar-refractivity contribution < 1.29 is 9.53 Å². The summed E-state index contributed by atoms with van der Waals surface area (Å²) in [4.78, 5) is 14.8. The number of amides is 1. The zero-order chi connectivity index (χ0) is 18.5. The maximum absolute atomic E-state index is 12.4. The number of hydrogen-bond acceptors (Lipinski definition) is 3. The van der Waals surface area contributed by atoms with E-state index in [0.717, 1.165) is 43.5 Å². The van der Waals surface area contributed by atoms with Gasteiger partial charge < -0.3 is 15.0 Å². The average molecular weight is 360 g/mol. The lowest BCUT2D eigenvalue weighted by atomic mass is 10.1. The fraction of sp³-hybridized carbons (Fsp3) is 0.261. The first-order valence-electron chi connectivity index (χ1n) is 9.48. The van der Waals surface area contributed by atoms with Gasteiger partial charge in [0.15, 0.2) is 0 Å². The number of carbonyl (C=O) groups excluding carboxylic acids is 1. The van der Waals surface area contributed by atoms with Crippen molar-refractivity contribution in [3.05, 3.63) is 77.9 Å². The zero-order valence-corrected chi connectivity index (χ0v) is 15.4. The number of nitrogens with zero attached hydrogens (tertiary/aromatic N) is 1. The molecule has 138 valence electrons. The number of benzene rings is 3. The molecular weight excluding hydrogens is 336 g/mol. The van der Waals surface area contributed by atoms with E-state index in [0.29, 0.717) is 12.1 Å². The highest BCUT2D eigenvalue weighted by Crippen LogP contribution is 2.17. The van der Waals surface area contributed by atoms with Crippen molar-refractivity contribution >= 4 is 22.4 Å². The molecule has 1 fully saturated rings. The Kier molecular flexibility index (Phi) is 5.35. The second-order valence-electron chi connectivity index (χ2n) is 6.83. The maximum Gasteiger partial charge on any atom is 0.251 e. The molecule has 4 rings (SSSR count). The van der Waals surface area contributed by atoms with Crippen LogP contribution in [0.2, 0.25) is 0 Å². The SMILES string of the molecule is O=C(NCCc1ccc(N2CCOCC2)cc1)c1ccc2ccccc2c1. The summed E-state index contributed by atoms with van der Waals surface area (Å²) >= 11 is 0. The van der Waals surface area contributed by atoms with Crippen molar-refractivity contribution in [3.8, 4) is 0 Å². The molecule has 1 N–H and O–H groups in total. The molecule has 0 unspecified atom stereocenters. The third-order valence-electron chi connectivity index (χ3n) is 5.02. The Morgan fingerprint density at radius 1 is 0.926 bits per heavy atom. The van der Waals surface area contributed by atoms with Crippen LogP contribution in [0.3, 0.4) is 0 Å². The van der Waals surface area contributed by atoms with Crippen LogP contribution in [-0.2, 0) is 11.2 Å². The Balaban J connectivity index is 1.31. The van der Waals surface area contributed by atoms with E-state index < -0.39 is 0 Å². The van der Waals surface area contributed by atoms with Crippen molar-refractivity contribution in [2.45, 2.75) is 6.42 Å². The van der Waals surface area contributed by atoms with E-state index in [1.807, 2.05) is 36.4 Å². The molecule has 3 aromatic rings. The quantitative estimate of drug-likeness (QED) is 0.755. The van der Waals surface area contributed by atoms with Crippen LogP contribution >= 0.6 is 0 Å². The van der Waals surface area contributed by atoms with Crippen molar-refractivity contribution in [1.82, 2.24) is 5.32 Å². The van der Waals surface area contributed by atoms with Gasteiger partial charge in [-0.05, 0) is 47.0 Å². The van der Waals surface area contributed by atoms with Crippen molar-refractivity contribution in [2.24, 2.45) is 0 Å². The van der Waals surface area contributed by atoms with E-state index in [1.54, 1.807) is 0 Å². The molecular formula is C23H24N2O2. The number of morpholine rings is 1. The minimum atomic E-state index is -0.0225. The fourth-order valence-corrected chi connectivity index (χ4v) is 3.45. The molecule has 0 spiro atoms. The van der Waals surface area contributed by atoms with Gasteiger partial charge in [-0.3, -0.25) is 4.79 Å². The fourth-order valence-electron chi connectivity index (χ4n) is 3.45. The Bertz CT molecular complexity index is 915. The predicted octanol–water partition coefficient (Wildman–Crippen LogP) is 3.65. The van der Waals surface area contributed by atoms with Gasteiger partial charge in [-0.15, -0.1) is 0 Å². The highest BCUT2D eigenvalue weighted by molar-refractivity contribution is 5.98. The minimum Gasteiger partial charge on any atom is -0.378 e. The normalized spacial score (nSPS) is 14.3. The molecule has 4 nitrogen and oxygen atoms in total. The molecule has 3 aromatic carbocycles. The van der Waals surface area contributed by atoms with Gasteiger partial charge in [0.05, 0.1) is 13.2 Å². The van der Waals surface area contributed by atoms with Crippen molar-refractivity contribution in [2.75, 3.05) is 37.7 Å². The summed E-state index contributed by atoms with van der Waals surface area (Å²) in [5.41, 5.74) is 3.17. The Hall–Kier alpha value is -2.85. The van der Waals surface area contributed by atoms with Crippen LogP contribution in [0.15, 0.2) is 66.7 Å². The molecule has 0 aromatic heterocycles. The number of hydrogen-bond donors (Lipinski definition) is 1. The van der Waals surface area contributed by atoms with Crippen molar-refractivity contribution in [1.29, 1.82) is 0 Å². The summed E-state index contributed by atoms with van der Waals surface area (Å²) in [5, 5.41) is 5.26. The van der Waals surface area contributed by atoms with Crippen LogP contribution in [0.4, 0.5) is 5.69 Å². The lowest BCUT2D eigenvalue weighted by molar-refractivity contribution is 0.0954. The van der Waals surface area contributed by atoms with E-state index in [-0.39, 0.29) is 5.91 Å². The highest BCUT2D eigenvalue weighted by Gasteiger charge is 2.11. The molecule has 27 heavy (non-hydrogen) atoms. The molecule has 1 amide bonds. The van der Waals surface area contributed by atoms with Gasteiger partial charge in [0.2, 0.25) is 0 Å². The first-order chi connectivity index (χ1) is 13.3. The van der Waals surface area contributed by atoms with Gasteiger partial charge in [0, 0.05) is 30.9 Å². The number of rotatable bonds is 5. The minimum absolute atomic E-state index is 0.0225. The summed E-state index contributed by atoms with van der Waals surface area (Å²) in [6.45, 7) is 4.11. The zero-order valence-electron chi connectivity index (χ0n) is 15.4. The van der Waals surface area contributed by atoms with Crippen LogP contribution in [0.25, 0.3) is 10.8 Å². The highest BCUT2D eigenvalue weighted by atomic mass is 16.5. The summed E-state index contributed by atoms with van der Waals surface area (Å²) in [6, 6.07) is 22.5. The molecule has 0 atom stereocenters. The molecule has 0 bridgehead atoms. The maximum atomic E-state index is 12.4. The van der Waals surface area contributed by atoms with E-state index in [1.165, 1.54) is 11.3 Å². The topological polar surface area (TPSA) is 41.6 Å². The van der Waals surface area contributed by atoms with E-state index in [2.05, 4.69) is 40.5 Å². The van der Waals surface area contributed by atoms with E-state index in [4.69, 9.17) is 4.74 Å². The third kappa shape index (κ3) is 4.29. The number of ether oxygens (including phenoxy) is 1. The molecule has 0 aliphatic carbocycles. The third-order valence-corrected chi connectivity index (χ3v) is 5.02. The standard InChI is InChI=1S/C23H24N2O2/c26-23(21-8-7-19-3-1-2-4-20(19)17-21)24-12-11-18-5-9-22(10-6-18)25-13-15-27-16-14-25/h1-10,17H,11-16H2,(H,24,26). The summed E-state index contributed by atoms with van der Waals surface area (Å²) < 4.78 is 5.40. The molecule has 1 aliphatic heterocycles. The van der Waals surface area contributed by atoms with Gasteiger partial charge in [-0.1, -0.05) is 42.5 Å². The smallest absolute Gasteiger partial charge is 0.251 e. The van der Waals surface area contributed by atoms with Crippen LogP contribution in [0.1, 0.15) is 15.9 Å². The summed E-state index contributed by atoms with van der Waals surface area (Å²) in [6.07, 6.45) is 0.822. The molecule has 0 saturated carbocycles. The van der Waals surface area contributed by atoms with Crippen LogP contribution in [0, 0.1) is 0 Å². The van der Waals surface area contributed by atoms with Gasteiger partial charge >= 0.3 is 0 Å². The first kappa shape index (κ1) is 17.6. The van der Waals surface area contributed by atoms with Crippen LogP contribution < -0.4 is 10.2 Å². The molecule has 1 saturated heterocycles. The molecule has 1 heterocycles. The summed E-state index contributed by atoms with van der Waals surface area (Å²) in [7, 11) is 0. The van der Waals surface area contributed by atoms with Gasteiger partial charge in [0.1, 0.15) is 0 Å². The van der Waals surface area contributed by atoms with Gasteiger partial charge in [-0.25, -0.2) is 0 Å². The summed E-state index contributed by atoms with van der Waals surface area (Å²) in [5.74, 6) is -0.0225. The van der Waals surface area contributed by atoms with Crippen LogP contribution in [0.5, 0.6) is 0 Å². The van der Waals surface area contributed by atoms with Gasteiger partial charge in [0.25, 0.3) is 5.91 Å². The van der Waals surface area contributed by atoms with Crippen LogP contribution in [-0.4, -0.2) is 38.8 Å². The van der Waals surface area contributed by atoms with E-state index in [9.17, 15) is 4.79 Å². The number of anilines is 1. The number of nitrogens with one attached hydrogen (secondary N) is 1. The number of fused-ring (bicyclic) bond motifs is 1. The first-order valence-corrected chi connectivity index (χ1v) is 9.48. The van der Waals surface area contributed by atoms with E-state index >= 15 is 0 Å². The number of carbonyl (C=O) groups is 1. The molecule has 1 aliphatic rings. The lowest BCUT2D eigenvalue weighted by Gasteiger charge is -2.28. The van der Waals surface area contributed by atoms with Crippen molar-refractivity contribution in [3.63, 3.8) is 0 Å². The average Bonchev–Trinajstić information content (AvgIpc) is 2.74. The Morgan fingerprint density at radius 2 is 1.67 bits per heavy atom. The lowest BCUT2D eigenvalue weighted by Crippen LogP contribution is -2.36. The molecule has 4 heteroatoms. The Labute approximate surface area is 159 Å². The Morgan fingerprint density at radius 3 is 2.44 bits per heavy atom. The largest absolute Gasteiger partial charge is 0.378 e. The second-order valence-corrected chi connectivity index (χ2v) is 6.83. The predicted molar refractivity (Wildman–Crippen MR) is 109 cm³/mol. The van der Waals surface area contributed by atoms with Gasteiger partial charge in [-0.2, -0.15) is 0 Å². The monoisotopic (exact) mass is 360 g/mol. The molecule has 0 radical (unpaired) electrons. The second kappa shape index (κ2) is 8.23.